The summed E-state index contributed by atoms with van der Waals surface area (Å²) >= 11 is 1.63. The second kappa shape index (κ2) is 11.7. The Morgan fingerprint density at radius 1 is 1.07 bits per heavy atom. The first kappa shape index (κ1) is 23.0. The maximum atomic E-state index is 4.70. The van der Waals surface area contributed by atoms with Gasteiger partial charge in [-0.05, 0) is 36.3 Å². The zero-order valence-corrected chi connectivity index (χ0v) is 19.2. The molecule has 0 saturated heterocycles. The molecule has 1 N–H and O–H groups in total. The van der Waals surface area contributed by atoms with E-state index in [1.54, 1.807) is 11.3 Å². The second-order valence-corrected chi connectivity index (χ2v) is 7.83. The molecule has 0 spiro atoms. The average molecular weight is 411 g/mol. The lowest BCUT2D eigenvalue weighted by Gasteiger charge is -2.27. The van der Waals surface area contributed by atoms with E-state index in [-0.39, 0.29) is 0 Å². The third-order valence-electron chi connectivity index (χ3n) is 5.08. The molecule has 0 bridgehead atoms. The van der Waals surface area contributed by atoms with Crippen molar-refractivity contribution in [3.8, 4) is 10.4 Å². The molecule has 29 heavy (non-hydrogen) atoms. The number of nitrogens with one attached hydrogen (secondary N) is 1. The number of aromatic nitrogens is 3. The highest BCUT2D eigenvalue weighted by molar-refractivity contribution is 7.13. The third kappa shape index (κ3) is 6.10. The molecule has 3 aromatic rings. The Hall–Kier alpha value is -2.27. The SMILES string of the molecule is C=C(Nc1ncc2ccc(-c3cncs3)cc2n1)C1CCC(C)CC1.CC.CC. The highest BCUT2D eigenvalue weighted by Crippen LogP contribution is 2.32. The number of anilines is 1. The normalized spacial score (nSPS) is 18.1. The molecular formula is C24H34N4S. The summed E-state index contributed by atoms with van der Waals surface area (Å²) in [6.07, 6.45) is 8.73. The van der Waals surface area contributed by atoms with Crippen molar-refractivity contribution in [2.45, 2.75) is 60.3 Å². The molecular weight excluding hydrogens is 376 g/mol. The summed E-state index contributed by atoms with van der Waals surface area (Å²) in [4.78, 5) is 14.5. The van der Waals surface area contributed by atoms with Gasteiger partial charge in [0.05, 0.1) is 15.9 Å². The van der Waals surface area contributed by atoms with Gasteiger partial charge in [-0.2, -0.15) is 0 Å². The molecule has 1 saturated carbocycles. The topological polar surface area (TPSA) is 50.7 Å². The van der Waals surface area contributed by atoms with Crippen LogP contribution in [0.4, 0.5) is 5.95 Å². The number of rotatable bonds is 4. The standard InChI is InChI=1S/C20H22N4S.2C2H6/c1-13-3-5-15(6-4-13)14(2)23-20-22-10-17-8-7-16(9-18(17)24-20)19-11-21-12-25-19;2*1-2/h7-13,15H,2-6H2,1H3,(H,22,23,24);2*1-2H3. The van der Waals surface area contributed by atoms with Gasteiger partial charge in [0, 0.05) is 23.5 Å². The van der Waals surface area contributed by atoms with Gasteiger partial charge in [-0.15, -0.1) is 11.3 Å². The first-order valence-corrected chi connectivity index (χ1v) is 11.7. The quantitative estimate of drug-likeness (QED) is 0.482. The van der Waals surface area contributed by atoms with Gasteiger partial charge >= 0.3 is 0 Å². The van der Waals surface area contributed by atoms with Crippen molar-refractivity contribution in [1.82, 2.24) is 15.0 Å². The molecule has 0 unspecified atom stereocenters. The van der Waals surface area contributed by atoms with Gasteiger partial charge in [-0.25, -0.2) is 9.97 Å². The number of allylic oxidation sites excluding steroid dienone is 1. The molecule has 1 aromatic carbocycles. The Bertz CT molecular complexity index is 881. The van der Waals surface area contributed by atoms with Crippen LogP contribution < -0.4 is 5.32 Å². The summed E-state index contributed by atoms with van der Waals surface area (Å²) < 4.78 is 0. The van der Waals surface area contributed by atoms with Crippen LogP contribution in [0.5, 0.6) is 0 Å². The van der Waals surface area contributed by atoms with Crippen LogP contribution in [0.2, 0.25) is 0 Å². The van der Waals surface area contributed by atoms with Gasteiger partial charge in [-0.1, -0.05) is 66.2 Å². The lowest BCUT2D eigenvalue weighted by atomic mass is 9.81. The highest BCUT2D eigenvalue weighted by atomic mass is 32.1. The van der Waals surface area contributed by atoms with E-state index in [9.17, 15) is 0 Å². The largest absolute Gasteiger partial charge is 0.328 e. The zero-order valence-electron chi connectivity index (χ0n) is 18.4. The van der Waals surface area contributed by atoms with E-state index in [1.165, 1.54) is 25.7 Å². The maximum Gasteiger partial charge on any atom is 0.227 e. The summed E-state index contributed by atoms with van der Waals surface area (Å²) in [5.74, 6) is 2.00. The summed E-state index contributed by atoms with van der Waals surface area (Å²) in [5.41, 5.74) is 4.97. The van der Waals surface area contributed by atoms with Gasteiger partial charge in [0.1, 0.15) is 0 Å². The van der Waals surface area contributed by atoms with Gasteiger partial charge in [-0.3, -0.25) is 4.98 Å². The van der Waals surface area contributed by atoms with Crippen LogP contribution in [-0.4, -0.2) is 15.0 Å². The molecule has 156 valence electrons. The fourth-order valence-corrected chi connectivity index (χ4v) is 4.07. The molecule has 1 aliphatic carbocycles. The Balaban J connectivity index is 0.000000707. The molecule has 4 rings (SSSR count). The van der Waals surface area contributed by atoms with Crippen LogP contribution in [-0.2, 0) is 0 Å². The fraction of sp³-hybridized carbons (Fsp3) is 0.458. The lowest BCUT2D eigenvalue weighted by molar-refractivity contribution is 0.321. The van der Waals surface area contributed by atoms with E-state index in [4.69, 9.17) is 4.98 Å². The predicted molar refractivity (Wildman–Crippen MR) is 127 cm³/mol. The van der Waals surface area contributed by atoms with Crippen molar-refractivity contribution in [1.29, 1.82) is 0 Å². The van der Waals surface area contributed by atoms with Gasteiger partial charge in [0.15, 0.2) is 0 Å². The van der Waals surface area contributed by atoms with Crippen molar-refractivity contribution in [2.75, 3.05) is 5.32 Å². The van der Waals surface area contributed by atoms with Crippen LogP contribution in [0, 0.1) is 11.8 Å². The molecule has 2 aromatic heterocycles. The van der Waals surface area contributed by atoms with E-state index in [0.29, 0.717) is 11.9 Å². The minimum absolute atomic E-state index is 0.527. The molecule has 5 heteroatoms. The Morgan fingerprint density at radius 3 is 2.45 bits per heavy atom. The lowest BCUT2D eigenvalue weighted by Crippen LogP contribution is -2.18. The first-order valence-electron chi connectivity index (χ1n) is 10.8. The zero-order chi connectivity index (χ0) is 21.2. The van der Waals surface area contributed by atoms with Crippen LogP contribution >= 0.6 is 11.3 Å². The number of fused-ring (bicyclic) bond motifs is 1. The van der Waals surface area contributed by atoms with E-state index >= 15 is 0 Å². The third-order valence-corrected chi connectivity index (χ3v) is 5.90. The Labute approximate surface area is 179 Å². The Kier molecular flexibility index (Phi) is 9.26. The minimum Gasteiger partial charge on any atom is -0.328 e. The van der Waals surface area contributed by atoms with E-state index in [2.05, 4.69) is 47.0 Å². The average Bonchev–Trinajstić information content (AvgIpc) is 3.31. The maximum absolute atomic E-state index is 4.70. The van der Waals surface area contributed by atoms with Crippen molar-refractivity contribution in [2.24, 2.45) is 11.8 Å². The summed E-state index contributed by atoms with van der Waals surface area (Å²) in [6, 6.07) is 6.25. The van der Waals surface area contributed by atoms with Crippen molar-refractivity contribution in [3.63, 3.8) is 0 Å². The highest BCUT2D eigenvalue weighted by Gasteiger charge is 2.21. The summed E-state index contributed by atoms with van der Waals surface area (Å²) in [5, 5.41) is 4.38. The van der Waals surface area contributed by atoms with Crippen LogP contribution in [0.15, 0.2) is 48.4 Å². The molecule has 0 atom stereocenters. The van der Waals surface area contributed by atoms with Crippen molar-refractivity contribution < 1.29 is 0 Å². The van der Waals surface area contributed by atoms with Gasteiger partial charge in [0.2, 0.25) is 5.95 Å². The number of nitrogens with zero attached hydrogens (tertiary/aromatic N) is 3. The molecule has 2 heterocycles. The minimum atomic E-state index is 0.527. The smallest absolute Gasteiger partial charge is 0.227 e. The van der Waals surface area contributed by atoms with E-state index < -0.39 is 0 Å². The first-order chi connectivity index (χ1) is 14.2. The molecule has 1 fully saturated rings. The summed E-state index contributed by atoms with van der Waals surface area (Å²) in [7, 11) is 0. The second-order valence-electron chi connectivity index (χ2n) is 6.94. The molecule has 0 amide bonds. The van der Waals surface area contributed by atoms with Gasteiger partial charge in [0.25, 0.3) is 0 Å². The van der Waals surface area contributed by atoms with Crippen LogP contribution in [0.25, 0.3) is 21.3 Å². The van der Waals surface area contributed by atoms with E-state index in [1.807, 2.05) is 45.6 Å². The van der Waals surface area contributed by atoms with E-state index in [0.717, 1.165) is 33.0 Å². The number of thiazole rings is 1. The molecule has 0 radical (unpaired) electrons. The predicted octanol–water partition coefficient (Wildman–Crippen LogP) is 7.56. The molecule has 1 aliphatic rings. The number of hydrogen-bond acceptors (Lipinski definition) is 5. The van der Waals surface area contributed by atoms with Crippen molar-refractivity contribution in [3.05, 3.63) is 48.4 Å². The van der Waals surface area contributed by atoms with Crippen LogP contribution in [0.3, 0.4) is 0 Å². The number of hydrogen-bond donors (Lipinski definition) is 1. The summed E-state index contributed by atoms with van der Waals surface area (Å²) in [6.45, 7) is 14.6. The van der Waals surface area contributed by atoms with Crippen LogP contribution in [0.1, 0.15) is 60.3 Å². The molecule has 4 nitrogen and oxygen atoms in total. The van der Waals surface area contributed by atoms with Gasteiger partial charge < -0.3 is 5.32 Å². The Morgan fingerprint density at radius 2 is 1.79 bits per heavy atom. The molecule has 0 aliphatic heterocycles. The fourth-order valence-electron chi connectivity index (χ4n) is 3.45. The number of benzene rings is 1. The van der Waals surface area contributed by atoms with Crippen molar-refractivity contribution >= 4 is 28.2 Å². The monoisotopic (exact) mass is 410 g/mol.